The van der Waals surface area contributed by atoms with Gasteiger partial charge >= 0.3 is 12.1 Å². The molecule has 4 rings (SSSR count). The number of ether oxygens (including phenoxy) is 1. The number of nitrogens with zero attached hydrogens (tertiary/aromatic N) is 2. The number of nitrogen functional groups attached to an aromatic ring is 1. The lowest BCUT2D eigenvalue weighted by Crippen LogP contribution is -2.16. The molecule has 0 aliphatic carbocycles. The van der Waals surface area contributed by atoms with Gasteiger partial charge in [0.15, 0.2) is 0 Å². The van der Waals surface area contributed by atoms with Crippen LogP contribution in [0.3, 0.4) is 0 Å². The van der Waals surface area contributed by atoms with Crippen LogP contribution in [-0.2, 0) is 22.3 Å². The van der Waals surface area contributed by atoms with Crippen LogP contribution in [0.5, 0.6) is 0 Å². The summed E-state index contributed by atoms with van der Waals surface area (Å²) in [4.78, 5) is 28.4. The highest BCUT2D eigenvalue weighted by Gasteiger charge is 2.31. The quantitative estimate of drug-likeness (QED) is 0.319. The Kier molecular flexibility index (Phi) is 5.97. The third-order valence-electron chi connectivity index (χ3n) is 4.97. The van der Waals surface area contributed by atoms with E-state index in [4.69, 9.17) is 10.5 Å². The average Bonchev–Trinajstić information content (AvgIpc) is 3.14. The van der Waals surface area contributed by atoms with Crippen LogP contribution < -0.4 is 11.1 Å². The Labute approximate surface area is 192 Å². The van der Waals surface area contributed by atoms with Crippen molar-refractivity contribution in [2.45, 2.75) is 19.7 Å². The number of nitrogens with one attached hydrogen (secondary N) is 1. The maximum atomic E-state index is 13.1. The highest BCUT2D eigenvalue weighted by Crippen LogP contribution is 2.30. The second kappa shape index (κ2) is 8.89. The zero-order valence-electron chi connectivity index (χ0n) is 17.9. The molecule has 0 aliphatic rings. The Balaban J connectivity index is 1.77. The molecule has 10 heteroatoms. The third kappa shape index (κ3) is 4.85. The summed E-state index contributed by atoms with van der Waals surface area (Å²) in [5.74, 6) is -1.10. The van der Waals surface area contributed by atoms with Crippen molar-refractivity contribution in [1.82, 2.24) is 9.55 Å². The SMILES string of the molecule is CC(=O)OCc1ccc2c(c1)nc(NC(=O)c1cccc(C(F)(F)F)c1)n2-c1cccc(N)c1. The van der Waals surface area contributed by atoms with E-state index >= 15 is 0 Å². The number of aromatic nitrogens is 2. The van der Waals surface area contributed by atoms with E-state index in [1.807, 2.05) is 0 Å². The smallest absolute Gasteiger partial charge is 0.416 e. The van der Waals surface area contributed by atoms with Gasteiger partial charge in [0.05, 0.1) is 22.3 Å². The van der Waals surface area contributed by atoms with Crippen molar-refractivity contribution in [3.05, 3.63) is 83.4 Å². The number of carbonyl (C=O) groups is 2. The van der Waals surface area contributed by atoms with Crippen LogP contribution in [0.25, 0.3) is 16.7 Å². The first-order valence-electron chi connectivity index (χ1n) is 10.1. The molecular weight excluding hydrogens is 449 g/mol. The summed E-state index contributed by atoms with van der Waals surface area (Å²) < 4.78 is 45.9. The lowest BCUT2D eigenvalue weighted by atomic mass is 10.1. The predicted octanol–water partition coefficient (Wildman–Crippen LogP) is 4.94. The summed E-state index contributed by atoms with van der Waals surface area (Å²) in [6.07, 6.45) is -4.58. The number of halogens is 3. The van der Waals surface area contributed by atoms with E-state index in [1.165, 1.54) is 19.1 Å². The number of hydrogen-bond donors (Lipinski definition) is 2. The van der Waals surface area contributed by atoms with E-state index in [1.54, 1.807) is 47.0 Å². The first-order chi connectivity index (χ1) is 16.1. The number of esters is 1. The molecule has 34 heavy (non-hydrogen) atoms. The van der Waals surface area contributed by atoms with Gasteiger partial charge in [-0.15, -0.1) is 0 Å². The molecule has 0 saturated heterocycles. The molecule has 0 saturated carbocycles. The Morgan fingerprint density at radius 2 is 1.82 bits per heavy atom. The number of alkyl halides is 3. The van der Waals surface area contributed by atoms with Crippen molar-refractivity contribution in [3.63, 3.8) is 0 Å². The Morgan fingerprint density at radius 3 is 2.53 bits per heavy atom. The van der Waals surface area contributed by atoms with E-state index in [0.29, 0.717) is 28.0 Å². The molecule has 1 amide bonds. The summed E-state index contributed by atoms with van der Waals surface area (Å²) in [7, 11) is 0. The number of imidazole rings is 1. The number of anilines is 2. The van der Waals surface area contributed by atoms with E-state index in [9.17, 15) is 22.8 Å². The van der Waals surface area contributed by atoms with Crippen molar-refractivity contribution < 1.29 is 27.5 Å². The second-order valence-corrected chi connectivity index (χ2v) is 7.50. The number of carbonyl (C=O) groups excluding carboxylic acids is 2. The molecule has 7 nitrogen and oxygen atoms in total. The average molecular weight is 468 g/mol. The first-order valence-corrected chi connectivity index (χ1v) is 10.1. The van der Waals surface area contributed by atoms with Crippen LogP contribution in [0.1, 0.15) is 28.4 Å². The van der Waals surface area contributed by atoms with Gasteiger partial charge in [-0.25, -0.2) is 4.98 Å². The van der Waals surface area contributed by atoms with E-state index in [0.717, 1.165) is 12.1 Å². The number of hydrogen-bond acceptors (Lipinski definition) is 5. The molecule has 174 valence electrons. The van der Waals surface area contributed by atoms with Crippen LogP contribution in [0.15, 0.2) is 66.7 Å². The standard InChI is InChI=1S/C24H19F3N4O3/c1-14(32)34-13-15-8-9-21-20(10-15)29-23(31(21)19-7-3-6-18(28)12-19)30-22(33)16-4-2-5-17(11-16)24(25,26)27/h2-12H,13,28H2,1H3,(H,29,30,33). The fraction of sp³-hybridized carbons (Fsp3) is 0.125. The Hall–Kier alpha value is -4.34. The van der Waals surface area contributed by atoms with Crippen molar-refractivity contribution in [2.75, 3.05) is 11.1 Å². The van der Waals surface area contributed by atoms with Crippen molar-refractivity contribution in [3.8, 4) is 5.69 Å². The second-order valence-electron chi connectivity index (χ2n) is 7.50. The summed E-state index contributed by atoms with van der Waals surface area (Å²) in [5.41, 5.74) is 7.65. The molecular formula is C24H19F3N4O3. The van der Waals surface area contributed by atoms with Crippen LogP contribution in [0.4, 0.5) is 24.8 Å². The summed E-state index contributed by atoms with van der Waals surface area (Å²) >= 11 is 0. The van der Waals surface area contributed by atoms with Crippen molar-refractivity contribution in [1.29, 1.82) is 0 Å². The fourth-order valence-corrected chi connectivity index (χ4v) is 3.42. The third-order valence-corrected chi connectivity index (χ3v) is 4.97. The van der Waals surface area contributed by atoms with Gasteiger partial charge in [-0.3, -0.25) is 19.5 Å². The number of nitrogens with two attached hydrogens (primary N) is 1. The number of rotatable bonds is 5. The molecule has 0 radical (unpaired) electrons. The summed E-state index contributed by atoms with van der Waals surface area (Å²) in [5, 5.41) is 2.60. The van der Waals surface area contributed by atoms with Crippen molar-refractivity contribution >= 4 is 34.5 Å². The highest BCUT2D eigenvalue weighted by molar-refractivity contribution is 6.04. The number of benzene rings is 3. The van der Waals surface area contributed by atoms with Gasteiger partial charge in [-0.1, -0.05) is 18.2 Å². The number of fused-ring (bicyclic) bond motifs is 1. The maximum absolute atomic E-state index is 13.1. The highest BCUT2D eigenvalue weighted by atomic mass is 19.4. The normalized spacial score (nSPS) is 11.4. The summed E-state index contributed by atoms with van der Waals surface area (Å²) in [6.45, 7) is 1.34. The largest absolute Gasteiger partial charge is 0.461 e. The zero-order chi connectivity index (χ0) is 24.5. The first kappa shape index (κ1) is 22.8. The minimum absolute atomic E-state index is 0.0440. The van der Waals surface area contributed by atoms with Gasteiger partial charge < -0.3 is 10.5 Å². The van der Waals surface area contributed by atoms with Crippen LogP contribution in [-0.4, -0.2) is 21.4 Å². The van der Waals surface area contributed by atoms with Gasteiger partial charge in [-0.05, 0) is 54.1 Å². The maximum Gasteiger partial charge on any atom is 0.416 e. The van der Waals surface area contributed by atoms with Crippen LogP contribution in [0, 0.1) is 0 Å². The molecule has 3 N–H and O–H groups in total. The molecule has 1 heterocycles. The Morgan fingerprint density at radius 1 is 1.06 bits per heavy atom. The van der Waals surface area contributed by atoms with Gasteiger partial charge in [0.2, 0.25) is 5.95 Å². The fourth-order valence-electron chi connectivity index (χ4n) is 3.42. The molecule has 3 aromatic carbocycles. The van der Waals surface area contributed by atoms with Crippen LogP contribution in [0.2, 0.25) is 0 Å². The zero-order valence-corrected chi connectivity index (χ0v) is 17.9. The number of amides is 1. The Bertz CT molecular complexity index is 1400. The van der Waals surface area contributed by atoms with Crippen LogP contribution >= 0.6 is 0 Å². The molecule has 0 atom stereocenters. The molecule has 1 aromatic heterocycles. The predicted molar refractivity (Wildman–Crippen MR) is 120 cm³/mol. The molecule has 0 bridgehead atoms. The molecule has 0 unspecified atom stereocenters. The van der Waals surface area contributed by atoms with Crippen molar-refractivity contribution in [2.24, 2.45) is 0 Å². The molecule has 0 aliphatic heterocycles. The minimum Gasteiger partial charge on any atom is -0.461 e. The summed E-state index contributed by atoms with van der Waals surface area (Å²) in [6, 6.07) is 16.2. The van der Waals surface area contributed by atoms with Gasteiger partial charge in [0.1, 0.15) is 6.61 Å². The lowest BCUT2D eigenvalue weighted by Gasteiger charge is -2.12. The van der Waals surface area contributed by atoms with E-state index in [2.05, 4.69) is 10.3 Å². The molecule has 4 aromatic rings. The van der Waals surface area contributed by atoms with Gasteiger partial charge in [0.25, 0.3) is 5.91 Å². The monoisotopic (exact) mass is 468 g/mol. The molecule has 0 fully saturated rings. The van der Waals surface area contributed by atoms with Gasteiger partial charge in [-0.2, -0.15) is 13.2 Å². The van der Waals surface area contributed by atoms with E-state index in [-0.39, 0.29) is 18.1 Å². The minimum atomic E-state index is -4.58. The topological polar surface area (TPSA) is 99.2 Å². The van der Waals surface area contributed by atoms with E-state index < -0.39 is 23.6 Å². The lowest BCUT2D eigenvalue weighted by molar-refractivity contribution is -0.142. The van der Waals surface area contributed by atoms with Gasteiger partial charge in [0, 0.05) is 18.2 Å². The molecule has 0 spiro atoms.